The molecule has 8 heteroatoms. The predicted octanol–water partition coefficient (Wildman–Crippen LogP) is 6.05. The van der Waals surface area contributed by atoms with Crippen LogP contribution >= 0.6 is 22.6 Å². The quantitative estimate of drug-likeness (QED) is 0.413. The number of nitrogens with zero attached hydrogens (tertiary/aromatic N) is 3. The number of aromatic nitrogens is 2. The molecule has 3 aromatic rings. The van der Waals surface area contributed by atoms with Gasteiger partial charge in [0, 0.05) is 22.0 Å². The maximum Gasteiger partial charge on any atom is 0.423 e. The fourth-order valence-electron chi connectivity index (χ4n) is 2.44. The molecule has 27 heavy (non-hydrogen) atoms. The van der Waals surface area contributed by atoms with Gasteiger partial charge in [0.15, 0.2) is 0 Å². The molecule has 1 aromatic heterocycles. The zero-order chi connectivity index (χ0) is 19.4. The van der Waals surface area contributed by atoms with Gasteiger partial charge < -0.3 is 9.64 Å². The van der Waals surface area contributed by atoms with E-state index in [2.05, 4.69) is 32.6 Å². The number of alkyl halides is 3. The minimum Gasteiger partial charge on any atom is -0.438 e. The van der Waals surface area contributed by atoms with Crippen molar-refractivity contribution in [2.45, 2.75) is 13.1 Å². The van der Waals surface area contributed by atoms with Crippen LogP contribution in [-0.4, -0.2) is 16.5 Å². The Morgan fingerprint density at radius 1 is 1.07 bits per heavy atom. The molecule has 0 spiro atoms. The highest BCUT2D eigenvalue weighted by Gasteiger charge is 2.37. The Kier molecular flexibility index (Phi) is 5.83. The maximum absolute atomic E-state index is 13.4. The molecule has 0 amide bonds. The van der Waals surface area contributed by atoms with E-state index in [1.807, 2.05) is 31.2 Å². The number of hydrogen-bond acceptors (Lipinski definition) is 4. The van der Waals surface area contributed by atoms with Crippen LogP contribution in [0.15, 0.2) is 60.8 Å². The van der Waals surface area contributed by atoms with E-state index in [4.69, 9.17) is 4.74 Å². The highest BCUT2D eigenvalue weighted by molar-refractivity contribution is 14.1. The monoisotopic (exact) mass is 485 g/mol. The highest BCUT2D eigenvalue weighted by Crippen LogP contribution is 2.38. The van der Waals surface area contributed by atoms with E-state index >= 15 is 0 Å². The van der Waals surface area contributed by atoms with Crippen LogP contribution in [0.3, 0.4) is 0 Å². The molecule has 0 radical (unpaired) electrons. The Labute approximate surface area is 168 Å². The largest absolute Gasteiger partial charge is 0.438 e. The molecule has 0 unspecified atom stereocenters. The van der Waals surface area contributed by atoms with E-state index in [9.17, 15) is 13.2 Å². The fraction of sp³-hybridized carbons (Fsp3) is 0.158. The first-order chi connectivity index (χ1) is 12.9. The normalized spacial score (nSPS) is 11.3. The van der Waals surface area contributed by atoms with Gasteiger partial charge in [0.05, 0.1) is 0 Å². The molecule has 0 aliphatic rings. The second-order valence-corrected chi connectivity index (χ2v) is 6.77. The summed E-state index contributed by atoms with van der Waals surface area (Å²) in [5.74, 6) is -0.119. The zero-order valence-electron chi connectivity index (χ0n) is 14.2. The highest BCUT2D eigenvalue weighted by atomic mass is 127. The van der Waals surface area contributed by atoms with Crippen LogP contribution in [0.5, 0.6) is 11.6 Å². The predicted molar refractivity (Wildman–Crippen MR) is 105 cm³/mol. The number of para-hydroxylation sites is 1. The van der Waals surface area contributed by atoms with Gasteiger partial charge in [0.25, 0.3) is 0 Å². The van der Waals surface area contributed by atoms with Crippen LogP contribution in [0.25, 0.3) is 0 Å². The summed E-state index contributed by atoms with van der Waals surface area (Å²) >= 11 is 2.17. The van der Waals surface area contributed by atoms with Gasteiger partial charge in [0.2, 0.25) is 11.8 Å². The van der Waals surface area contributed by atoms with Gasteiger partial charge in [0.1, 0.15) is 11.3 Å². The van der Waals surface area contributed by atoms with Crippen molar-refractivity contribution in [2.75, 3.05) is 11.4 Å². The van der Waals surface area contributed by atoms with Gasteiger partial charge in [-0.1, -0.05) is 24.3 Å². The summed E-state index contributed by atoms with van der Waals surface area (Å²) in [5, 5.41) is 0. The van der Waals surface area contributed by atoms with Crippen molar-refractivity contribution in [3.8, 4) is 11.6 Å². The third-order valence-corrected chi connectivity index (χ3v) is 4.35. The van der Waals surface area contributed by atoms with E-state index in [0.717, 1.165) is 15.5 Å². The van der Waals surface area contributed by atoms with Crippen molar-refractivity contribution in [2.24, 2.45) is 0 Å². The first-order valence-electron chi connectivity index (χ1n) is 8.08. The molecule has 0 saturated carbocycles. The van der Waals surface area contributed by atoms with E-state index in [0.29, 0.717) is 6.54 Å². The molecular formula is C19H15F3IN3O. The SMILES string of the molecule is CCN(c1cccc(I)c1)c1ncc(C(F)(F)F)c(Oc2ccccc2)n1. The summed E-state index contributed by atoms with van der Waals surface area (Å²) in [6.45, 7) is 2.36. The summed E-state index contributed by atoms with van der Waals surface area (Å²) in [6.07, 6.45) is -3.86. The van der Waals surface area contributed by atoms with Crippen molar-refractivity contribution in [1.82, 2.24) is 9.97 Å². The minimum absolute atomic E-state index is 0.137. The molecule has 3 rings (SSSR count). The lowest BCUT2D eigenvalue weighted by atomic mass is 10.3. The molecule has 0 bridgehead atoms. The van der Waals surface area contributed by atoms with Crippen LogP contribution in [0.1, 0.15) is 12.5 Å². The number of benzene rings is 2. The molecule has 0 fully saturated rings. The molecule has 140 valence electrons. The molecule has 1 heterocycles. The van der Waals surface area contributed by atoms with Crippen LogP contribution in [0.2, 0.25) is 0 Å². The fourth-order valence-corrected chi connectivity index (χ4v) is 2.97. The molecule has 0 aliphatic carbocycles. The summed E-state index contributed by atoms with van der Waals surface area (Å²) < 4.78 is 46.5. The lowest BCUT2D eigenvalue weighted by Crippen LogP contribution is -2.20. The number of hydrogen-bond donors (Lipinski definition) is 0. The van der Waals surface area contributed by atoms with Crippen molar-refractivity contribution in [3.05, 3.63) is 69.9 Å². The van der Waals surface area contributed by atoms with Crippen LogP contribution < -0.4 is 9.64 Å². The minimum atomic E-state index is -4.62. The molecule has 0 atom stereocenters. The molecular weight excluding hydrogens is 470 g/mol. The van der Waals surface area contributed by atoms with Crippen LogP contribution in [-0.2, 0) is 6.18 Å². The van der Waals surface area contributed by atoms with Gasteiger partial charge in [-0.3, -0.25) is 0 Å². The van der Waals surface area contributed by atoms with Gasteiger partial charge in [-0.05, 0) is 59.8 Å². The smallest absolute Gasteiger partial charge is 0.423 e. The zero-order valence-corrected chi connectivity index (χ0v) is 16.4. The average Bonchev–Trinajstić information content (AvgIpc) is 2.62. The third-order valence-electron chi connectivity index (χ3n) is 3.68. The first-order valence-corrected chi connectivity index (χ1v) is 9.16. The van der Waals surface area contributed by atoms with Gasteiger partial charge in [-0.2, -0.15) is 18.2 Å². The van der Waals surface area contributed by atoms with E-state index in [-0.39, 0.29) is 11.7 Å². The number of rotatable bonds is 5. The summed E-state index contributed by atoms with van der Waals surface area (Å²) in [7, 11) is 0. The lowest BCUT2D eigenvalue weighted by Gasteiger charge is -2.22. The Bertz CT molecular complexity index is 920. The summed E-state index contributed by atoms with van der Waals surface area (Å²) in [5.41, 5.74) is -0.233. The Balaban J connectivity index is 2.05. The van der Waals surface area contributed by atoms with Crippen molar-refractivity contribution < 1.29 is 17.9 Å². The maximum atomic E-state index is 13.4. The molecule has 0 aliphatic heterocycles. The molecule has 4 nitrogen and oxygen atoms in total. The average molecular weight is 485 g/mol. The second-order valence-electron chi connectivity index (χ2n) is 5.53. The second kappa shape index (κ2) is 8.12. The molecule has 2 aromatic carbocycles. The van der Waals surface area contributed by atoms with Crippen molar-refractivity contribution >= 4 is 34.2 Å². The van der Waals surface area contributed by atoms with E-state index in [1.165, 1.54) is 0 Å². The van der Waals surface area contributed by atoms with Crippen molar-refractivity contribution in [1.29, 1.82) is 0 Å². The number of halogens is 4. The standard InChI is InChI=1S/C19H15F3IN3O/c1-2-26(14-8-6-7-13(23)11-14)18-24-12-16(19(20,21)22)17(25-18)27-15-9-4-3-5-10-15/h3-12H,2H2,1H3. The lowest BCUT2D eigenvalue weighted by molar-refractivity contribution is -0.139. The summed E-state index contributed by atoms with van der Waals surface area (Å²) in [4.78, 5) is 9.74. The van der Waals surface area contributed by atoms with Gasteiger partial charge in [-0.25, -0.2) is 4.98 Å². The molecule has 0 saturated heterocycles. The van der Waals surface area contributed by atoms with E-state index in [1.54, 1.807) is 35.2 Å². The first kappa shape index (κ1) is 19.4. The van der Waals surface area contributed by atoms with Crippen LogP contribution in [0, 0.1) is 3.57 Å². The third kappa shape index (κ3) is 4.68. The van der Waals surface area contributed by atoms with Crippen molar-refractivity contribution in [3.63, 3.8) is 0 Å². The Morgan fingerprint density at radius 3 is 2.44 bits per heavy atom. The topological polar surface area (TPSA) is 38.2 Å². The Morgan fingerprint density at radius 2 is 1.81 bits per heavy atom. The summed E-state index contributed by atoms with van der Waals surface area (Å²) in [6, 6.07) is 15.8. The van der Waals surface area contributed by atoms with E-state index < -0.39 is 17.6 Å². The van der Waals surface area contributed by atoms with Crippen LogP contribution in [0.4, 0.5) is 24.8 Å². The number of ether oxygens (including phenoxy) is 1. The number of anilines is 2. The molecule has 0 N–H and O–H groups in total. The van der Waals surface area contributed by atoms with Gasteiger partial charge in [-0.15, -0.1) is 0 Å². The Hall–Kier alpha value is -2.36. The van der Waals surface area contributed by atoms with Gasteiger partial charge >= 0.3 is 6.18 Å².